The molecule has 25 heavy (non-hydrogen) atoms. The summed E-state index contributed by atoms with van der Waals surface area (Å²) in [4.78, 5) is 23.8. The molecule has 0 aliphatic carbocycles. The molecule has 0 atom stereocenters. The van der Waals surface area contributed by atoms with Crippen LogP contribution in [-0.2, 0) is 4.74 Å². The van der Waals surface area contributed by atoms with Gasteiger partial charge in [-0.25, -0.2) is 9.59 Å². The van der Waals surface area contributed by atoms with Crippen molar-refractivity contribution < 1.29 is 19.1 Å². The third-order valence-corrected chi connectivity index (χ3v) is 3.12. The summed E-state index contributed by atoms with van der Waals surface area (Å²) < 4.78 is 10.5. The number of carbonyl (C=O) groups excluding carboxylic acids is 2. The van der Waals surface area contributed by atoms with E-state index in [1.54, 1.807) is 55.5 Å². The topological polar surface area (TPSA) is 76.7 Å². The Labute approximate surface area is 147 Å². The third kappa shape index (κ3) is 5.84. The molecule has 2 N–H and O–H groups in total. The summed E-state index contributed by atoms with van der Waals surface area (Å²) in [6.45, 7) is 5.94. The smallest absolute Gasteiger partial charge is 0.338 e. The molecule has 0 aliphatic rings. The number of ether oxygens (including phenoxy) is 2. The summed E-state index contributed by atoms with van der Waals surface area (Å²) >= 11 is 0. The number of amides is 2. The zero-order valence-corrected chi connectivity index (χ0v) is 14.5. The molecule has 0 fully saturated rings. The molecule has 0 aliphatic heterocycles. The van der Waals surface area contributed by atoms with Crippen molar-refractivity contribution in [2.75, 3.05) is 17.2 Å². The molecule has 0 radical (unpaired) electrons. The van der Waals surface area contributed by atoms with Crippen molar-refractivity contribution in [3.8, 4) is 5.75 Å². The van der Waals surface area contributed by atoms with Crippen LogP contribution in [0.5, 0.6) is 5.75 Å². The van der Waals surface area contributed by atoms with Crippen molar-refractivity contribution in [2.45, 2.75) is 26.9 Å². The molecule has 0 saturated carbocycles. The fourth-order valence-electron chi connectivity index (χ4n) is 2.12. The van der Waals surface area contributed by atoms with Gasteiger partial charge < -0.3 is 20.1 Å². The highest BCUT2D eigenvalue weighted by Crippen LogP contribution is 2.17. The molecular weight excluding hydrogens is 320 g/mol. The summed E-state index contributed by atoms with van der Waals surface area (Å²) in [5.74, 6) is 0.315. The number of carbonyl (C=O) groups is 2. The van der Waals surface area contributed by atoms with E-state index in [0.717, 1.165) is 5.75 Å². The van der Waals surface area contributed by atoms with Crippen LogP contribution in [0.25, 0.3) is 0 Å². The lowest BCUT2D eigenvalue weighted by molar-refractivity contribution is 0.0526. The number of urea groups is 1. The van der Waals surface area contributed by atoms with Crippen molar-refractivity contribution >= 4 is 23.4 Å². The summed E-state index contributed by atoms with van der Waals surface area (Å²) in [7, 11) is 0. The van der Waals surface area contributed by atoms with Crippen molar-refractivity contribution in [3.05, 3.63) is 54.1 Å². The zero-order valence-electron chi connectivity index (χ0n) is 14.5. The average molecular weight is 342 g/mol. The molecular formula is C19H22N2O4. The third-order valence-electron chi connectivity index (χ3n) is 3.12. The quantitative estimate of drug-likeness (QED) is 0.768. The van der Waals surface area contributed by atoms with Gasteiger partial charge in [-0.15, -0.1) is 0 Å². The number of hydrogen-bond acceptors (Lipinski definition) is 4. The summed E-state index contributed by atoms with van der Waals surface area (Å²) in [6.07, 6.45) is 0.0915. The molecule has 6 nitrogen and oxygen atoms in total. The molecule has 0 heterocycles. The molecule has 2 rings (SSSR count). The van der Waals surface area contributed by atoms with Crippen molar-refractivity contribution in [1.82, 2.24) is 0 Å². The molecule has 0 bridgehead atoms. The molecule has 0 saturated heterocycles. The van der Waals surface area contributed by atoms with Gasteiger partial charge in [-0.1, -0.05) is 6.07 Å². The van der Waals surface area contributed by atoms with E-state index in [4.69, 9.17) is 9.47 Å². The zero-order chi connectivity index (χ0) is 18.2. The van der Waals surface area contributed by atoms with Gasteiger partial charge in [0.2, 0.25) is 0 Å². The van der Waals surface area contributed by atoms with E-state index >= 15 is 0 Å². The second-order valence-corrected chi connectivity index (χ2v) is 5.57. The highest BCUT2D eigenvalue weighted by atomic mass is 16.5. The Morgan fingerprint density at radius 2 is 1.68 bits per heavy atom. The van der Waals surface area contributed by atoms with E-state index in [0.29, 0.717) is 23.5 Å². The fourth-order valence-corrected chi connectivity index (χ4v) is 2.12. The Balaban J connectivity index is 1.96. The van der Waals surface area contributed by atoms with E-state index in [2.05, 4.69) is 10.6 Å². The van der Waals surface area contributed by atoms with Gasteiger partial charge in [-0.05, 0) is 63.2 Å². The second-order valence-electron chi connectivity index (χ2n) is 5.57. The number of hydrogen-bond donors (Lipinski definition) is 2. The predicted octanol–water partition coefficient (Wildman–Crippen LogP) is 4.29. The lowest BCUT2D eigenvalue weighted by atomic mass is 10.2. The van der Waals surface area contributed by atoms with Gasteiger partial charge >= 0.3 is 12.0 Å². The highest BCUT2D eigenvalue weighted by Gasteiger charge is 2.09. The van der Waals surface area contributed by atoms with E-state index in [1.165, 1.54) is 0 Å². The Hall–Kier alpha value is -3.02. The molecule has 2 amide bonds. The van der Waals surface area contributed by atoms with E-state index in [9.17, 15) is 9.59 Å². The van der Waals surface area contributed by atoms with Gasteiger partial charge in [0.1, 0.15) is 5.75 Å². The van der Waals surface area contributed by atoms with Crippen molar-refractivity contribution in [1.29, 1.82) is 0 Å². The normalized spacial score (nSPS) is 10.2. The van der Waals surface area contributed by atoms with Crippen LogP contribution in [0, 0.1) is 0 Å². The molecule has 6 heteroatoms. The van der Waals surface area contributed by atoms with Gasteiger partial charge in [0, 0.05) is 11.4 Å². The van der Waals surface area contributed by atoms with Crippen LogP contribution >= 0.6 is 0 Å². The minimum Gasteiger partial charge on any atom is -0.491 e. The van der Waals surface area contributed by atoms with Crippen LogP contribution in [0.15, 0.2) is 48.5 Å². The summed E-state index contributed by atoms with van der Waals surface area (Å²) in [5.41, 5.74) is 1.52. The van der Waals surface area contributed by atoms with Crippen LogP contribution in [0.1, 0.15) is 31.1 Å². The average Bonchev–Trinajstić information content (AvgIpc) is 2.56. The molecule has 0 unspecified atom stereocenters. The minimum atomic E-state index is -0.424. The Bertz CT molecular complexity index is 726. The number of esters is 1. The largest absolute Gasteiger partial charge is 0.491 e. The maximum absolute atomic E-state index is 12.1. The predicted molar refractivity (Wildman–Crippen MR) is 97.2 cm³/mol. The van der Waals surface area contributed by atoms with Crippen LogP contribution in [-0.4, -0.2) is 24.7 Å². The second kappa shape index (κ2) is 8.73. The monoisotopic (exact) mass is 342 g/mol. The number of benzene rings is 2. The molecule has 0 aromatic heterocycles. The SMILES string of the molecule is CCOC(=O)c1cccc(NC(=O)Nc2ccc(OC(C)C)cc2)c1. The molecule has 2 aromatic rings. The first kappa shape index (κ1) is 18.3. The first-order valence-corrected chi connectivity index (χ1v) is 8.10. The van der Waals surface area contributed by atoms with Gasteiger partial charge in [-0.2, -0.15) is 0 Å². The maximum Gasteiger partial charge on any atom is 0.338 e. The van der Waals surface area contributed by atoms with Gasteiger partial charge in [-0.3, -0.25) is 0 Å². The number of nitrogens with one attached hydrogen (secondary N) is 2. The summed E-state index contributed by atoms with van der Waals surface area (Å²) in [5, 5.41) is 5.41. The van der Waals surface area contributed by atoms with E-state index in [1.807, 2.05) is 13.8 Å². The maximum atomic E-state index is 12.1. The van der Waals surface area contributed by atoms with Crippen LogP contribution < -0.4 is 15.4 Å². The number of anilines is 2. The molecule has 0 spiro atoms. The van der Waals surface area contributed by atoms with Crippen LogP contribution in [0.4, 0.5) is 16.2 Å². The number of rotatable bonds is 6. The first-order valence-electron chi connectivity index (χ1n) is 8.10. The highest BCUT2D eigenvalue weighted by molar-refractivity contribution is 6.00. The molecule has 132 valence electrons. The lowest BCUT2D eigenvalue weighted by Gasteiger charge is -2.11. The van der Waals surface area contributed by atoms with Gasteiger partial charge in [0.25, 0.3) is 0 Å². The van der Waals surface area contributed by atoms with Crippen molar-refractivity contribution in [2.24, 2.45) is 0 Å². The minimum absolute atomic E-state index is 0.0915. The van der Waals surface area contributed by atoms with Crippen LogP contribution in [0.2, 0.25) is 0 Å². The first-order chi connectivity index (χ1) is 12.0. The lowest BCUT2D eigenvalue weighted by Crippen LogP contribution is -2.19. The Morgan fingerprint density at radius 1 is 1.00 bits per heavy atom. The van der Waals surface area contributed by atoms with Crippen molar-refractivity contribution in [3.63, 3.8) is 0 Å². The Morgan fingerprint density at radius 3 is 2.32 bits per heavy atom. The van der Waals surface area contributed by atoms with Gasteiger partial charge in [0.05, 0.1) is 18.3 Å². The van der Waals surface area contributed by atoms with E-state index < -0.39 is 12.0 Å². The van der Waals surface area contributed by atoms with E-state index in [-0.39, 0.29) is 6.10 Å². The van der Waals surface area contributed by atoms with Gasteiger partial charge in [0.15, 0.2) is 0 Å². The fraction of sp³-hybridized carbons (Fsp3) is 0.263. The summed E-state index contributed by atoms with van der Waals surface area (Å²) in [6, 6.07) is 13.3. The molecule has 2 aromatic carbocycles. The standard InChI is InChI=1S/C19H22N2O4/c1-4-24-18(22)14-6-5-7-16(12-14)21-19(23)20-15-8-10-17(11-9-15)25-13(2)3/h5-13H,4H2,1-3H3,(H2,20,21,23). The Kier molecular flexibility index (Phi) is 6.39. The van der Waals surface area contributed by atoms with Crippen LogP contribution in [0.3, 0.4) is 0 Å².